The van der Waals surface area contributed by atoms with Gasteiger partial charge < -0.3 is 20.9 Å². The number of hydrogen-bond acceptors (Lipinski definition) is 7. The highest BCUT2D eigenvalue weighted by molar-refractivity contribution is 7.91. The van der Waals surface area contributed by atoms with Gasteiger partial charge in [0.2, 0.25) is 17.6 Å². The van der Waals surface area contributed by atoms with Gasteiger partial charge in [0.05, 0.1) is 22.2 Å². The van der Waals surface area contributed by atoms with Crippen LogP contribution < -0.4 is 16.0 Å². The van der Waals surface area contributed by atoms with Crippen LogP contribution in [0.1, 0.15) is 73.6 Å². The second kappa shape index (κ2) is 11.5. The Bertz CT molecular complexity index is 1490. The minimum Gasteiger partial charge on any atom is -0.344 e. The number of benzene rings is 1. The molecule has 0 aromatic heterocycles. The lowest BCUT2D eigenvalue weighted by Crippen LogP contribution is -2.62. The zero-order chi connectivity index (χ0) is 33.1. The summed E-state index contributed by atoms with van der Waals surface area (Å²) < 4.78 is 26.1. The van der Waals surface area contributed by atoms with Gasteiger partial charge in [0.25, 0.3) is 0 Å². The van der Waals surface area contributed by atoms with Gasteiger partial charge in [-0.2, -0.15) is 0 Å². The maximum absolute atomic E-state index is 14.2. The number of rotatable bonds is 12. The number of carbonyl (C=O) groups is 5. The monoisotopic (exact) mass is 642 g/mol. The number of fused-ring (bicyclic) bond motifs is 1. The first-order valence-electron chi connectivity index (χ1n) is 15.9. The fraction of sp³-hybridized carbons (Fsp3) is 0.667. The molecule has 3 saturated carbocycles. The van der Waals surface area contributed by atoms with Gasteiger partial charge in [-0.25, -0.2) is 13.2 Å². The number of likely N-dealkylation sites (tertiary alicyclic amines) is 1. The molecule has 11 nitrogen and oxygen atoms in total. The van der Waals surface area contributed by atoms with Crippen LogP contribution in [-0.4, -0.2) is 78.7 Å². The average Bonchev–Trinajstić information content (AvgIpc) is 3.91. The average molecular weight is 643 g/mol. The van der Waals surface area contributed by atoms with E-state index < -0.39 is 68.3 Å². The predicted molar refractivity (Wildman–Crippen MR) is 167 cm³/mol. The molecule has 4 aliphatic rings. The lowest BCUT2D eigenvalue weighted by molar-refractivity contribution is -0.145. The van der Waals surface area contributed by atoms with Crippen LogP contribution in [0.5, 0.6) is 0 Å². The molecule has 0 radical (unpaired) electrons. The Morgan fingerprint density at radius 1 is 1.00 bits per heavy atom. The summed E-state index contributed by atoms with van der Waals surface area (Å²) in [6.45, 7) is 11.1. The molecule has 1 saturated heterocycles. The first-order chi connectivity index (χ1) is 20.9. The molecule has 0 bridgehead atoms. The van der Waals surface area contributed by atoms with Gasteiger partial charge >= 0.3 is 6.03 Å². The molecule has 246 valence electrons. The van der Waals surface area contributed by atoms with E-state index in [2.05, 4.69) is 29.8 Å². The number of Topliss-reactive ketones (excluding diaryl/α,β-unsaturated/α-hetero) is 2. The van der Waals surface area contributed by atoms with Crippen molar-refractivity contribution in [3.05, 3.63) is 30.3 Å². The first-order valence-corrected chi connectivity index (χ1v) is 17.5. The van der Waals surface area contributed by atoms with Crippen molar-refractivity contribution < 1.29 is 32.4 Å². The van der Waals surface area contributed by atoms with Gasteiger partial charge in [0.1, 0.15) is 12.1 Å². The Morgan fingerprint density at radius 3 is 2.16 bits per heavy atom. The molecule has 45 heavy (non-hydrogen) atoms. The van der Waals surface area contributed by atoms with Crippen LogP contribution in [0.2, 0.25) is 0 Å². The summed E-state index contributed by atoms with van der Waals surface area (Å²) in [6, 6.07) is 4.65. The fourth-order valence-corrected chi connectivity index (χ4v) is 8.81. The highest BCUT2D eigenvalue weighted by Crippen LogP contribution is 2.65. The molecule has 4 amide bonds. The summed E-state index contributed by atoms with van der Waals surface area (Å²) in [6.07, 6.45) is 3.28. The molecule has 5 rings (SSSR count). The summed E-state index contributed by atoms with van der Waals surface area (Å²) in [5.41, 5.74) is -1.85. The molecule has 3 aliphatic carbocycles. The zero-order valence-electron chi connectivity index (χ0n) is 27.0. The van der Waals surface area contributed by atoms with Crippen LogP contribution in [0, 0.1) is 28.6 Å². The maximum Gasteiger partial charge on any atom is 0.315 e. The number of piperidine rings is 1. The summed E-state index contributed by atoms with van der Waals surface area (Å²) in [7, 11) is -3.65. The SMILES string of the molecule is CC(=O)C(=O)C(CC1CC1)NC(=O)[C@@H]1C2C(CN1C(=O)[C@@H](NC(=O)NC1(CS(=O)(=O)c3ccccc3)CC1)C(C)(C)C)C2(C)C. The Labute approximate surface area is 265 Å². The predicted octanol–water partition coefficient (Wildman–Crippen LogP) is 2.63. The third-order valence-electron chi connectivity index (χ3n) is 10.2. The van der Waals surface area contributed by atoms with Gasteiger partial charge in [-0.05, 0) is 60.0 Å². The van der Waals surface area contributed by atoms with E-state index in [4.69, 9.17) is 0 Å². The Morgan fingerprint density at radius 2 is 1.62 bits per heavy atom. The smallest absolute Gasteiger partial charge is 0.315 e. The van der Waals surface area contributed by atoms with Gasteiger partial charge in [-0.3, -0.25) is 19.2 Å². The van der Waals surface area contributed by atoms with E-state index in [-0.39, 0.29) is 33.8 Å². The molecule has 4 fully saturated rings. The Kier molecular flexibility index (Phi) is 8.46. The fourth-order valence-electron chi connectivity index (χ4n) is 6.99. The van der Waals surface area contributed by atoms with E-state index in [0.717, 1.165) is 12.8 Å². The van der Waals surface area contributed by atoms with Crippen molar-refractivity contribution in [3.63, 3.8) is 0 Å². The van der Waals surface area contributed by atoms with Gasteiger partial charge in [0.15, 0.2) is 15.6 Å². The van der Waals surface area contributed by atoms with E-state index in [9.17, 15) is 32.4 Å². The van der Waals surface area contributed by atoms with E-state index in [1.165, 1.54) is 24.0 Å². The molecule has 3 N–H and O–H groups in total. The molecular formula is C33H46N4O7S. The standard InChI is InChI=1S/C33H46N4O7S/c1-19(38)26(39)23(16-20-12-13-20)34-28(40)25-24-22(32(24,5)6)17-37(25)29(41)27(31(2,3)4)35-30(42)36-33(14-15-33)18-45(43,44)21-10-8-7-9-11-21/h7-11,20,22-25,27H,12-18H2,1-6H3,(H,34,40)(H2,35,36,42)/t22?,23?,24?,25-,27+/m0/s1. The summed E-state index contributed by atoms with van der Waals surface area (Å²) in [5, 5.41) is 8.46. The first kappa shape index (κ1) is 33.1. The van der Waals surface area contributed by atoms with E-state index in [1.54, 1.807) is 18.2 Å². The largest absolute Gasteiger partial charge is 0.344 e. The molecule has 1 aliphatic heterocycles. The normalized spacial score (nSPS) is 25.7. The van der Waals surface area contributed by atoms with Crippen molar-refractivity contribution >= 4 is 39.2 Å². The third-order valence-corrected chi connectivity index (χ3v) is 12.1. The van der Waals surface area contributed by atoms with Crippen LogP contribution in [0.4, 0.5) is 4.79 Å². The zero-order valence-corrected chi connectivity index (χ0v) is 27.8. The minimum absolute atomic E-state index is 0.0787. The van der Waals surface area contributed by atoms with Crippen molar-refractivity contribution in [2.45, 2.75) is 102 Å². The Balaban J connectivity index is 1.30. The summed E-state index contributed by atoms with van der Waals surface area (Å²) in [4.78, 5) is 67.8. The quantitative estimate of drug-likeness (QED) is 0.296. The molecule has 3 unspecified atom stereocenters. The van der Waals surface area contributed by atoms with Crippen molar-refractivity contribution in [3.8, 4) is 0 Å². The lowest BCUT2D eigenvalue weighted by Gasteiger charge is -2.38. The Hall–Kier alpha value is -3.28. The molecule has 12 heteroatoms. The van der Waals surface area contributed by atoms with Crippen LogP contribution in [0.25, 0.3) is 0 Å². The number of hydrogen-bond donors (Lipinski definition) is 3. The molecule has 1 aromatic carbocycles. The van der Waals surface area contributed by atoms with Crippen LogP contribution in [-0.2, 0) is 29.0 Å². The van der Waals surface area contributed by atoms with E-state index in [1.807, 2.05) is 20.8 Å². The number of amides is 4. The van der Waals surface area contributed by atoms with E-state index in [0.29, 0.717) is 25.8 Å². The van der Waals surface area contributed by atoms with E-state index >= 15 is 0 Å². The van der Waals surface area contributed by atoms with Crippen molar-refractivity contribution in [2.75, 3.05) is 12.3 Å². The highest BCUT2D eigenvalue weighted by Gasteiger charge is 2.70. The molecular weight excluding hydrogens is 596 g/mol. The molecule has 1 aromatic rings. The number of urea groups is 1. The van der Waals surface area contributed by atoms with Gasteiger partial charge in [0, 0.05) is 13.5 Å². The van der Waals surface area contributed by atoms with Gasteiger partial charge in [-0.15, -0.1) is 0 Å². The number of sulfone groups is 1. The molecule has 1 heterocycles. The lowest BCUT2D eigenvalue weighted by atomic mass is 9.85. The highest BCUT2D eigenvalue weighted by atomic mass is 32.2. The number of ketones is 2. The summed E-state index contributed by atoms with van der Waals surface area (Å²) >= 11 is 0. The van der Waals surface area contributed by atoms with Gasteiger partial charge in [-0.1, -0.05) is 65.7 Å². The maximum atomic E-state index is 14.2. The topological polar surface area (TPSA) is 159 Å². The van der Waals surface area contributed by atoms with Crippen LogP contribution >= 0.6 is 0 Å². The number of nitrogens with one attached hydrogen (secondary N) is 3. The van der Waals surface area contributed by atoms with Crippen LogP contribution in [0.3, 0.4) is 0 Å². The van der Waals surface area contributed by atoms with Crippen molar-refractivity contribution in [1.29, 1.82) is 0 Å². The van der Waals surface area contributed by atoms with Crippen molar-refractivity contribution in [2.24, 2.45) is 28.6 Å². The number of carbonyl (C=O) groups excluding carboxylic acids is 5. The number of nitrogens with zero attached hydrogens (tertiary/aromatic N) is 1. The minimum atomic E-state index is -3.65. The van der Waals surface area contributed by atoms with Crippen molar-refractivity contribution in [1.82, 2.24) is 20.9 Å². The molecule has 0 spiro atoms. The second-order valence-electron chi connectivity index (χ2n) is 15.3. The second-order valence-corrected chi connectivity index (χ2v) is 17.3. The third kappa shape index (κ3) is 6.95. The van der Waals surface area contributed by atoms with Crippen LogP contribution in [0.15, 0.2) is 35.2 Å². The summed E-state index contributed by atoms with van der Waals surface area (Å²) in [5.74, 6) is -2.13. The molecule has 5 atom stereocenters.